The minimum absolute atomic E-state index is 0.0567. The predicted octanol–water partition coefficient (Wildman–Crippen LogP) is 4.07. The van der Waals surface area contributed by atoms with Gasteiger partial charge < -0.3 is 0 Å². The molecule has 0 fully saturated rings. The van der Waals surface area contributed by atoms with Crippen molar-refractivity contribution in [2.24, 2.45) is 0 Å². The second-order valence-electron chi connectivity index (χ2n) is 5.23. The zero-order valence-corrected chi connectivity index (χ0v) is 11.5. The van der Waals surface area contributed by atoms with E-state index in [1.165, 1.54) is 6.21 Å². The summed E-state index contributed by atoms with van der Waals surface area (Å²) in [5.74, 6) is -9.77. The summed E-state index contributed by atoms with van der Waals surface area (Å²) >= 11 is 0. The van der Waals surface area contributed by atoms with Crippen LogP contribution in [0.15, 0.2) is 30.5 Å². The Labute approximate surface area is 126 Å². The molecule has 0 saturated carbocycles. The van der Waals surface area contributed by atoms with Crippen LogP contribution in [-0.4, -0.2) is 15.4 Å². The van der Waals surface area contributed by atoms with Crippen LogP contribution in [0, 0.1) is 29.1 Å². The van der Waals surface area contributed by atoms with Crippen LogP contribution in [-0.2, 0) is 6.67 Å². The lowest BCUT2D eigenvalue weighted by atomic mass is 10.1. The number of hydrogen-bond donors (Lipinski definition) is 0. The van der Waals surface area contributed by atoms with E-state index in [9.17, 15) is 22.0 Å². The van der Waals surface area contributed by atoms with Crippen LogP contribution < -0.4 is 0 Å². The quantitative estimate of drug-likeness (QED) is 0.276. The number of halogens is 5. The summed E-state index contributed by atoms with van der Waals surface area (Å²) in [6.45, 7) is -0.0567. The Morgan fingerprint density at radius 3 is 2.17 bits per heavy atom. The van der Waals surface area contributed by atoms with Gasteiger partial charge in [-0.3, -0.25) is 4.57 Å². The molecule has 7 heteroatoms. The third-order valence-corrected chi connectivity index (χ3v) is 3.89. The van der Waals surface area contributed by atoms with Crippen molar-refractivity contribution < 1.29 is 26.5 Å². The highest BCUT2D eigenvalue weighted by atomic mass is 19.2. The first kappa shape index (κ1) is 13.9. The lowest BCUT2D eigenvalue weighted by Crippen LogP contribution is -2.21. The standard InChI is InChI=1S/C16H8F5N2/c17-10-11(18)13(20)16(14(21)12(10)19)23-6-9-3-1-2-8-4-5-22(7-23)15(8)9/h1-6H,7H2/q+1. The number of para-hydroxylation sites is 1. The van der Waals surface area contributed by atoms with E-state index in [0.29, 0.717) is 5.56 Å². The maximum Gasteiger partial charge on any atom is 0.285 e. The van der Waals surface area contributed by atoms with E-state index in [2.05, 4.69) is 0 Å². The van der Waals surface area contributed by atoms with Gasteiger partial charge in [-0.15, -0.1) is 0 Å². The fraction of sp³-hybridized carbons (Fsp3) is 0.0625. The summed E-state index contributed by atoms with van der Waals surface area (Å²) in [6.07, 6.45) is 3.07. The Morgan fingerprint density at radius 1 is 0.826 bits per heavy atom. The van der Waals surface area contributed by atoms with Crippen molar-refractivity contribution in [3.8, 4) is 0 Å². The monoisotopic (exact) mass is 323 g/mol. The van der Waals surface area contributed by atoms with Gasteiger partial charge in [0.25, 0.3) is 5.69 Å². The van der Waals surface area contributed by atoms with E-state index in [4.69, 9.17) is 0 Å². The molecule has 0 radical (unpaired) electrons. The molecule has 1 aliphatic rings. The van der Waals surface area contributed by atoms with Gasteiger partial charge in [0.15, 0.2) is 6.21 Å². The lowest BCUT2D eigenvalue weighted by molar-refractivity contribution is -0.476. The lowest BCUT2D eigenvalue weighted by Gasteiger charge is -2.14. The maximum absolute atomic E-state index is 14.0. The molecule has 1 aromatic heterocycles. The van der Waals surface area contributed by atoms with Crippen LogP contribution in [0.2, 0.25) is 0 Å². The first-order chi connectivity index (χ1) is 11.0. The zero-order valence-electron chi connectivity index (χ0n) is 11.5. The molecule has 4 rings (SSSR count). The number of hydrogen-bond acceptors (Lipinski definition) is 0. The molecular weight excluding hydrogens is 315 g/mol. The van der Waals surface area contributed by atoms with Crippen LogP contribution in [0.25, 0.3) is 10.9 Å². The maximum atomic E-state index is 14.0. The summed E-state index contributed by atoms with van der Waals surface area (Å²) in [4.78, 5) is 0. The van der Waals surface area contributed by atoms with Crippen molar-refractivity contribution in [2.75, 3.05) is 0 Å². The second-order valence-corrected chi connectivity index (χ2v) is 5.23. The normalized spacial score (nSPS) is 13.5. The summed E-state index contributed by atoms with van der Waals surface area (Å²) < 4.78 is 70.7. The van der Waals surface area contributed by atoms with Gasteiger partial charge in [-0.1, -0.05) is 12.1 Å². The van der Waals surface area contributed by atoms with Crippen LogP contribution in [0.3, 0.4) is 0 Å². The Hall–Kier alpha value is -2.70. The molecule has 0 bridgehead atoms. The summed E-state index contributed by atoms with van der Waals surface area (Å²) in [7, 11) is 0. The number of benzene rings is 2. The Morgan fingerprint density at radius 2 is 1.48 bits per heavy atom. The molecule has 0 unspecified atom stereocenters. The summed E-state index contributed by atoms with van der Waals surface area (Å²) in [5, 5.41) is 0.927. The molecule has 2 heterocycles. The van der Waals surface area contributed by atoms with Gasteiger partial charge in [-0.25, -0.2) is 13.2 Å². The van der Waals surface area contributed by atoms with E-state index in [0.717, 1.165) is 15.5 Å². The summed E-state index contributed by atoms with van der Waals surface area (Å²) in [6, 6.07) is 7.14. The largest absolute Gasteiger partial charge is 0.291 e. The van der Waals surface area contributed by atoms with E-state index >= 15 is 0 Å². The smallest absolute Gasteiger partial charge is 0.285 e. The predicted molar refractivity (Wildman–Crippen MR) is 73.3 cm³/mol. The molecule has 0 spiro atoms. The Balaban J connectivity index is 1.99. The van der Waals surface area contributed by atoms with Crippen molar-refractivity contribution in [1.29, 1.82) is 0 Å². The molecule has 116 valence electrons. The molecule has 23 heavy (non-hydrogen) atoms. The first-order valence-corrected chi connectivity index (χ1v) is 6.70. The molecule has 0 aliphatic carbocycles. The highest BCUT2D eigenvalue weighted by Crippen LogP contribution is 2.32. The molecule has 0 amide bonds. The van der Waals surface area contributed by atoms with Gasteiger partial charge in [-0.05, 0) is 12.1 Å². The fourth-order valence-corrected chi connectivity index (χ4v) is 2.87. The van der Waals surface area contributed by atoms with E-state index < -0.39 is 34.8 Å². The number of aromatic nitrogens is 1. The van der Waals surface area contributed by atoms with Gasteiger partial charge in [-0.2, -0.15) is 13.4 Å². The average molecular weight is 323 g/mol. The molecule has 2 nitrogen and oxygen atoms in total. The topological polar surface area (TPSA) is 7.94 Å². The third-order valence-electron chi connectivity index (χ3n) is 3.89. The van der Waals surface area contributed by atoms with Crippen molar-refractivity contribution in [2.45, 2.75) is 6.67 Å². The van der Waals surface area contributed by atoms with Gasteiger partial charge in [0.05, 0.1) is 11.1 Å². The average Bonchev–Trinajstić information content (AvgIpc) is 2.96. The van der Waals surface area contributed by atoms with Crippen molar-refractivity contribution in [1.82, 2.24) is 4.57 Å². The van der Waals surface area contributed by atoms with Crippen LogP contribution in [0.4, 0.5) is 27.6 Å². The number of rotatable bonds is 1. The number of nitrogens with zero attached hydrogens (tertiary/aromatic N) is 2. The summed E-state index contributed by atoms with van der Waals surface area (Å²) in [5.41, 5.74) is 0.507. The van der Waals surface area contributed by atoms with Gasteiger partial charge in [0.1, 0.15) is 0 Å². The van der Waals surface area contributed by atoms with E-state index in [1.807, 2.05) is 12.1 Å². The van der Waals surface area contributed by atoms with Gasteiger partial charge >= 0.3 is 0 Å². The second kappa shape index (κ2) is 4.65. The van der Waals surface area contributed by atoms with Crippen molar-refractivity contribution >= 4 is 22.8 Å². The van der Waals surface area contributed by atoms with Gasteiger partial charge in [0, 0.05) is 11.6 Å². The minimum atomic E-state index is -2.16. The molecule has 0 atom stereocenters. The van der Waals surface area contributed by atoms with E-state index in [1.54, 1.807) is 22.9 Å². The molecule has 2 aromatic carbocycles. The Bertz CT molecular complexity index is 974. The van der Waals surface area contributed by atoms with Crippen LogP contribution >= 0.6 is 0 Å². The van der Waals surface area contributed by atoms with Crippen molar-refractivity contribution in [3.05, 3.63) is 65.1 Å². The Kier molecular flexibility index (Phi) is 2.81. The minimum Gasteiger partial charge on any atom is -0.291 e. The molecule has 3 aromatic rings. The highest BCUT2D eigenvalue weighted by molar-refractivity contribution is 5.97. The molecule has 0 N–H and O–H groups in total. The fourth-order valence-electron chi connectivity index (χ4n) is 2.87. The zero-order chi connectivity index (χ0) is 16.3. The van der Waals surface area contributed by atoms with Crippen LogP contribution in [0.1, 0.15) is 5.56 Å². The molecule has 1 aliphatic heterocycles. The highest BCUT2D eigenvalue weighted by Gasteiger charge is 2.34. The molecule has 0 saturated heterocycles. The van der Waals surface area contributed by atoms with E-state index in [-0.39, 0.29) is 6.67 Å². The first-order valence-electron chi connectivity index (χ1n) is 6.70. The molecular formula is C16H8F5N2+. The third kappa shape index (κ3) is 1.82. The van der Waals surface area contributed by atoms with Gasteiger partial charge in [0.2, 0.25) is 35.8 Å². The van der Waals surface area contributed by atoms with Crippen LogP contribution in [0.5, 0.6) is 0 Å². The van der Waals surface area contributed by atoms with Crippen molar-refractivity contribution in [3.63, 3.8) is 0 Å². The SMILES string of the molecule is Fc1c(F)c(F)c([N+]2=Cc3cccc4ccn(c34)C2)c(F)c1F.